The van der Waals surface area contributed by atoms with Gasteiger partial charge in [0.1, 0.15) is 0 Å². The molecule has 4 heteroatoms. The molecule has 0 fully saturated rings. The fourth-order valence-electron chi connectivity index (χ4n) is 3.15. The molecule has 0 saturated heterocycles. The summed E-state index contributed by atoms with van der Waals surface area (Å²) in [4.78, 5) is 1.37. The molecule has 1 aliphatic carbocycles. The molecule has 2 nitrogen and oxygen atoms in total. The van der Waals surface area contributed by atoms with Gasteiger partial charge in [0.05, 0.1) is 11.2 Å². The number of methoxy groups -OCH3 is 1. The number of aryl methyl sites for hydroxylation is 1. The summed E-state index contributed by atoms with van der Waals surface area (Å²) in [6, 6.07) is 12.6. The number of phenolic OH excluding ortho intramolecular Hbond substituents is 1. The molecule has 0 saturated carbocycles. The van der Waals surface area contributed by atoms with Gasteiger partial charge in [0.25, 0.3) is 0 Å². The molecule has 1 aliphatic heterocycles. The first-order chi connectivity index (χ1) is 10.2. The van der Waals surface area contributed by atoms with Gasteiger partial charge in [0, 0.05) is 10.6 Å². The van der Waals surface area contributed by atoms with Crippen LogP contribution >= 0.6 is 23.5 Å². The Hall–Kier alpha value is -1.26. The molecule has 4 rings (SSSR count). The van der Waals surface area contributed by atoms with Crippen LogP contribution in [-0.4, -0.2) is 12.2 Å². The Morgan fingerprint density at radius 1 is 1.19 bits per heavy atom. The highest BCUT2D eigenvalue weighted by Gasteiger charge is 2.43. The highest BCUT2D eigenvalue weighted by atomic mass is 32.2. The summed E-state index contributed by atoms with van der Waals surface area (Å²) in [5, 5.41) is 10.1. The van der Waals surface area contributed by atoms with Crippen molar-refractivity contribution in [1.82, 2.24) is 0 Å². The maximum absolute atomic E-state index is 10.1. The molecule has 1 N–H and O–H groups in total. The number of fused-ring (bicyclic) bond motifs is 3. The van der Waals surface area contributed by atoms with Crippen molar-refractivity contribution in [3.8, 4) is 11.5 Å². The van der Waals surface area contributed by atoms with Gasteiger partial charge in [-0.25, -0.2) is 0 Å². The predicted octanol–water partition coefficient (Wildman–Crippen LogP) is 4.54. The lowest BCUT2D eigenvalue weighted by atomic mass is 10.1. The van der Waals surface area contributed by atoms with Crippen LogP contribution in [0.4, 0.5) is 0 Å². The van der Waals surface area contributed by atoms with Crippen LogP contribution in [0.3, 0.4) is 0 Å². The monoisotopic (exact) mass is 316 g/mol. The Labute approximate surface area is 132 Å². The van der Waals surface area contributed by atoms with Crippen molar-refractivity contribution in [2.45, 2.75) is 27.6 Å². The van der Waals surface area contributed by atoms with Crippen LogP contribution in [0.15, 0.2) is 41.3 Å². The smallest absolute Gasteiger partial charge is 0.160 e. The lowest BCUT2D eigenvalue weighted by Crippen LogP contribution is -2.17. The molecule has 2 aromatic rings. The van der Waals surface area contributed by atoms with E-state index in [4.69, 9.17) is 4.74 Å². The second-order valence-electron chi connectivity index (χ2n) is 5.43. The Kier molecular flexibility index (Phi) is 3.12. The average Bonchev–Trinajstić information content (AvgIpc) is 2.84. The number of benzene rings is 2. The summed E-state index contributed by atoms with van der Waals surface area (Å²) in [7, 11) is 1.60. The van der Waals surface area contributed by atoms with Gasteiger partial charge < -0.3 is 9.84 Å². The van der Waals surface area contributed by atoms with Gasteiger partial charge in [-0.3, -0.25) is 0 Å². The molecule has 1 heterocycles. The third-order valence-corrected chi connectivity index (χ3v) is 7.57. The van der Waals surface area contributed by atoms with E-state index in [2.05, 4.69) is 24.3 Å². The second kappa shape index (κ2) is 4.89. The molecule has 0 aromatic heterocycles. The van der Waals surface area contributed by atoms with Gasteiger partial charge in [0.15, 0.2) is 11.5 Å². The molecule has 0 amide bonds. The first-order valence-electron chi connectivity index (χ1n) is 7.03. The van der Waals surface area contributed by atoms with Crippen LogP contribution in [0.5, 0.6) is 11.5 Å². The van der Waals surface area contributed by atoms with Gasteiger partial charge in [-0.15, -0.1) is 23.5 Å². The Balaban J connectivity index is 1.79. The quantitative estimate of drug-likeness (QED) is 0.836. The van der Waals surface area contributed by atoms with E-state index in [1.54, 1.807) is 7.11 Å². The highest BCUT2D eigenvalue weighted by molar-refractivity contribution is 8.17. The Bertz CT molecular complexity index is 714. The number of ether oxygens (including phenoxy) is 1. The normalized spacial score (nSPS) is 22.9. The molecule has 1 atom stereocenters. The zero-order valence-corrected chi connectivity index (χ0v) is 13.4. The van der Waals surface area contributed by atoms with Crippen molar-refractivity contribution >= 4 is 23.5 Å². The first-order valence-corrected chi connectivity index (χ1v) is 8.83. The highest BCUT2D eigenvalue weighted by Crippen LogP contribution is 2.62. The van der Waals surface area contributed by atoms with E-state index in [0.717, 1.165) is 18.6 Å². The zero-order valence-electron chi connectivity index (χ0n) is 11.8. The number of hydrogen-bond acceptors (Lipinski definition) is 4. The number of thioether (sulfide) groups is 2. The van der Waals surface area contributed by atoms with E-state index in [0.29, 0.717) is 5.75 Å². The van der Waals surface area contributed by atoms with Crippen LogP contribution in [0.1, 0.15) is 23.1 Å². The Morgan fingerprint density at radius 3 is 2.90 bits per heavy atom. The van der Waals surface area contributed by atoms with E-state index in [1.807, 2.05) is 35.7 Å². The molecular formula is C17H16O2S2. The molecule has 1 unspecified atom stereocenters. The average molecular weight is 316 g/mol. The summed E-state index contributed by atoms with van der Waals surface area (Å²) in [5.74, 6) is 1.87. The van der Waals surface area contributed by atoms with E-state index in [9.17, 15) is 5.11 Å². The molecule has 0 bridgehead atoms. The van der Waals surface area contributed by atoms with Gasteiger partial charge in [0.2, 0.25) is 0 Å². The van der Waals surface area contributed by atoms with Crippen molar-refractivity contribution in [2.24, 2.45) is 0 Å². The summed E-state index contributed by atoms with van der Waals surface area (Å²) in [6.07, 6.45) is 2.16. The van der Waals surface area contributed by atoms with E-state index >= 15 is 0 Å². The SMILES string of the molecule is COc1cc2c(cc1O)C1(CC2)SCc2ccccc2S1. The molecule has 21 heavy (non-hydrogen) atoms. The third-order valence-electron chi connectivity index (χ3n) is 4.25. The molecule has 108 valence electrons. The molecule has 2 aliphatic rings. The van der Waals surface area contributed by atoms with Gasteiger partial charge in [-0.05, 0) is 47.7 Å². The van der Waals surface area contributed by atoms with Crippen LogP contribution in [0.2, 0.25) is 0 Å². The molecule has 0 radical (unpaired) electrons. The van der Waals surface area contributed by atoms with Crippen molar-refractivity contribution in [1.29, 1.82) is 0 Å². The standard InChI is InChI=1S/C17H16O2S2/c1-19-15-8-11-6-7-17(13(11)9-14(15)18)20-10-12-4-2-3-5-16(12)21-17/h2-5,8-9,18H,6-7,10H2,1H3. The topological polar surface area (TPSA) is 29.5 Å². The third kappa shape index (κ3) is 2.04. The summed E-state index contributed by atoms with van der Waals surface area (Å²) in [5.41, 5.74) is 4.00. The van der Waals surface area contributed by atoms with Crippen LogP contribution in [0, 0.1) is 0 Å². The minimum atomic E-state index is 0.0490. The van der Waals surface area contributed by atoms with Crippen molar-refractivity contribution in [2.75, 3.05) is 7.11 Å². The van der Waals surface area contributed by atoms with Crippen LogP contribution in [0.25, 0.3) is 0 Å². The largest absolute Gasteiger partial charge is 0.504 e. The summed E-state index contributed by atoms with van der Waals surface area (Å²) >= 11 is 3.93. The van der Waals surface area contributed by atoms with Crippen LogP contribution < -0.4 is 4.74 Å². The van der Waals surface area contributed by atoms with E-state index in [-0.39, 0.29) is 9.83 Å². The lowest BCUT2D eigenvalue weighted by molar-refractivity contribution is 0.373. The number of aromatic hydroxyl groups is 1. The molecule has 2 aromatic carbocycles. The molecule has 1 spiro atoms. The van der Waals surface area contributed by atoms with E-state index in [1.165, 1.54) is 21.6 Å². The number of phenols is 1. The minimum absolute atomic E-state index is 0.0490. The second-order valence-corrected chi connectivity index (χ2v) is 8.31. The maximum atomic E-state index is 10.1. The van der Waals surface area contributed by atoms with Crippen molar-refractivity contribution < 1.29 is 9.84 Å². The fourth-order valence-corrected chi connectivity index (χ4v) is 6.43. The van der Waals surface area contributed by atoms with Gasteiger partial charge >= 0.3 is 0 Å². The molecular weight excluding hydrogens is 300 g/mol. The number of hydrogen-bond donors (Lipinski definition) is 1. The minimum Gasteiger partial charge on any atom is -0.504 e. The first kappa shape index (κ1) is 13.4. The maximum Gasteiger partial charge on any atom is 0.160 e. The zero-order chi connectivity index (χ0) is 14.4. The summed E-state index contributed by atoms with van der Waals surface area (Å²) < 4.78 is 5.29. The Morgan fingerprint density at radius 2 is 2.05 bits per heavy atom. The predicted molar refractivity (Wildman–Crippen MR) is 88.3 cm³/mol. The van der Waals surface area contributed by atoms with Crippen molar-refractivity contribution in [3.63, 3.8) is 0 Å². The fraction of sp³-hybridized carbons (Fsp3) is 0.294. The van der Waals surface area contributed by atoms with Crippen molar-refractivity contribution in [3.05, 3.63) is 53.1 Å². The van der Waals surface area contributed by atoms with Gasteiger partial charge in [-0.1, -0.05) is 18.2 Å². The lowest BCUT2D eigenvalue weighted by Gasteiger charge is -2.34. The van der Waals surface area contributed by atoms with Gasteiger partial charge in [-0.2, -0.15) is 0 Å². The van der Waals surface area contributed by atoms with E-state index < -0.39 is 0 Å². The summed E-state index contributed by atoms with van der Waals surface area (Å²) in [6.45, 7) is 0. The van der Waals surface area contributed by atoms with Crippen LogP contribution in [-0.2, 0) is 16.3 Å². The number of rotatable bonds is 1.